The smallest absolute Gasteiger partial charge is 0.314 e. The van der Waals surface area contributed by atoms with Gasteiger partial charge in [0, 0.05) is 39.8 Å². The molecule has 7 heteroatoms. The molecule has 4 nitrogen and oxygen atoms in total. The van der Waals surface area contributed by atoms with Crippen LogP contribution in [-0.4, -0.2) is 40.9 Å². The molecule has 0 aliphatic carbocycles. The highest BCUT2D eigenvalue weighted by molar-refractivity contribution is 5.13. The first-order valence-corrected chi connectivity index (χ1v) is 5.50. The Morgan fingerprint density at radius 2 is 2.00 bits per heavy atom. The van der Waals surface area contributed by atoms with Gasteiger partial charge in [-0.15, -0.1) is 0 Å². The summed E-state index contributed by atoms with van der Waals surface area (Å²) < 4.78 is 38.6. The summed E-state index contributed by atoms with van der Waals surface area (Å²) in [6.07, 6.45) is -4.33. The molecule has 0 atom stereocenters. The van der Waals surface area contributed by atoms with E-state index in [4.69, 9.17) is 0 Å². The van der Waals surface area contributed by atoms with Crippen LogP contribution >= 0.6 is 0 Å². The third kappa shape index (κ3) is 2.98. The molecule has 1 aromatic heterocycles. The molecule has 1 saturated heterocycles. The lowest BCUT2D eigenvalue weighted by atomic mass is 10.3. The highest BCUT2D eigenvalue weighted by Gasteiger charge is 2.35. The molecular weight excluding hydrogens is 233 g/mol. The fraction of sp³-hybridized carbons (Fsp3) is 0.700. The Kier molecular flexibility index (Phi) is 3.39. The summed E-state index contributed by atoms with van der Waals surface area (Å²) in [6, 6.07) is 1.13. The van der Waals surface area contributed by atoms with Gasteiger partial charge in [0.05, 0.1) is 5.69 Å². The van der Waals surface area contributed by atoms with E-state index in [9.17, 15) is 13.2 Å². The molecule has 0 aromatic carbocycles. The number of hydrogen-bond donors (Lipinski definition) is 1. The van der Waals surface area contributed by atoms with Gasteiger partial charge in [0.25, 0.3) is 0 Å². The number of aromatic nitrogens is 2. The Morgan fingerprint density at radius 1 is 1.35 bits per heavy atom. The Balaban J connectivity index is 2.06. The molecule has 0 saturated carbocycles. The van der Waals surface area contributed by atoms with Gasteiger partial charge >= 0.3 is 6.18 Å². The number of rotatable bonds is 2. The van der Waals surface area contributed by atoms with Gasteiger partial charge in [-0.1, -0.05) is 0 Å². The SMILES string of the molecule is Cn1nc(CN2CCNCC2)cc1C(F)(F)F. The minimum Gasteiger partial charge on any atom is -0.314 e. The summed E-state index contributed by atoms with van der Waals surface area (Å²) in [5, 5.41) is 7.10. The zero-order valence-electron chi connectivity index (χ0n) is 9.59. The van der Waals surface area contributed by atoms with Crippen molar-refractivity contribution in [2.45, 2.75) is 12.7 Å². The van der Waals surface area contributed by atoms with Gasteiger partial charge in [0.15, 0.2) is 0 Å². The molecule has 0 amide bonds. The third-order valence-corrected chi connectivity index (χ3v) is 2.82. The summed E-state index contributed by atoms with van der Waals surface area (Å²) in [5.41, 5.74) is -0.218. The van der Waals surface area contributed by atoms with Gasteiger partial charge in [0.1, 0.15) is 5.69 Å². The predicted molar refractivity (Wildman–Crippen MR) is 56.4 cm³/mol. The summed E-state index contributed by atoms with van der Waals surface area (Å²) in [6.45, 7) is 3.92. The van der Waals surface area contributed by atoms with E-state index < -0.39 is 11.9 Å². The fourth-order valence-corrected chi connectivity index (χ4v) is 1.97. The van der Waals surface area contributed by atoms with Crippen LogP contribution in [0.4, 0.5) is 13.2 Å². The van der Waals surface area contributed by atoms with E-state index in [1.54, 1.807) is 0 Å². The topological polar surface area (TPSA) is 33.1 Å². The van der Waals surface area contributed by atoms with Crippen molar-refractivity contribution in [1.29, 1.82) is 0 Å². The molecule has 1 aliphatic heterocycles. The average molecular weight is 248 g/mol. The summed E-state index contributed by atoms with van der Waals surface area (Å²) in [4.78, 5) is 2.10. The van der Waals surface area contributed by atoms with Crippen LogP contribution in [0, 0.1) is 0 Å². The van der Waals surface area contributed by atoms with E-state index in [1.807, 2.05) is 0 Å². The number of aryl methyl sites for hydroxylation is 1. The molecule has 1 aromatic rings. The molecule has 1 aliphatic rings. The second-order valence-corrected chi connectivity index (χ2v) is 4.17. The van der Waals surface area contributed by atoms with Crippen molar-refractivity contribution < 1.29 is 13.2 Å². The molecule has 0 spiro atoms. The van der Waals surface area contributed by atoms with Crippen molar-refractivity contribution >= 4 is 0 Å². The first kappa shape index (κ1) is 12.4. The van der Waals surface area contributed by atoms with Crippen molar-refractivity contribution in [3.8, 4) is 0 Å². The molecule has 1 fully saturated rings. The highest BCUT2D eigenvalue weighted by Crippen LogP contribution is 2.29. The van der Waals surface area contributed by atoms with E-state index in [0.717, 1.165) is 36.9 Å². The summed E-state index contributed by atoms with van der Waals surface area (Å²) in [7, 11) is 1.32. The van der Waals surface area contributed by atoms with Crippen molar-refractivity contribution in [1.82, 2.24) is 20.0 Å². The van der Waals surface area contributed by atoms with Crippen LogP contribution in [0.2, 0.25) is 0 Å². The van der Waals surface area contributed by atoms with Gasteiger partial charge in [-0.2, -0.15) is 18.3 Å². The van der Waals surface area contributed by atoms with Crippen molar-refractivity contribution in [3.05, 3.63) is 17.5 Å². The van der Waals surface area contributed by atoms with Crippen LogP contribution < -0.4 is 5.32 Å². The maximum Gasteiger partial charge on any atom is 0.433 e. The maximum absolute atomic E-state index is 12.6. The van der Waals surface area contributed by atoms with Gasteiger partial charge in [-0.25, -0.2) is 0 Å². The van der Waals surface area contributed by atoms with Crippen molar-refractivity contribution in [3.63, 3.8) is 0 Å². The average Bonchev–Trinajstić information content (AvgIpc) is 2.60. The number of hydrogen-bond acceptors (Lipinski definition) is 3. The van der Waals surface area contributed by atoms with E-state index in [-0.39, 0.29) is 0 Å². The van der Waals surface area contributed by atoms with Crippen molar-refractivity contribution in [2.75, 3.05) is 26.2 Å². The second kappa shape index (κ2) is 4.66. The first-order chi connectivity index (χ1) is 7.97. The predicted octanol–water partition coefficient (Wildman–Crippen LogP) is 0.844. The number of piperazine rings is 1. The Hall–Kier alpha value is -1.08. The standard InChI is InChI=1S/C10H15F3N4/c1-16-9(10(11,12)13)6-8(15-16)7-17-4-2-14-3-5-17/h6,14H,2-5,7H2,1H3. The van der Waals surface area contributed by atoms with E-state index in [1.165, 1.54) is 7.05 Å². The lowest BCUT2D eigenvalue weighted by Crippen LogP contribution is -2.42. The minimum absolute atomic E-state index is 0.474. The highest BCUT2D eigenvalue weighted by atomic mass is 19.4. The van der Waals surface area contributed by atoms with E-state index in [0.29, 0.717) is 12.2 Å². The van der Waals surface area contributed by atoms with Crippen LogP contribution in [0.5, 0.6) is 0 Å². The van der Waals surface area contributed by atoms with Crippen LogP contribution in [-0.2, 0) is 19.8 Å². The molecule has 2 heterocycles. The molecule has 0 radical (unpaired) electrons. The zero-order chi connectivity index (χ0) is 12.5. The summed E-state index contributed by atoms with van der Waals surface area (Å²) >= 11 is 0. The zero-order valence-corrected chi connectivity index (χ0v) is 9.59. The number of halogens is 3. The molecule has 17 heavy (non-hydrogen) atoms. The van der Waals surface area contributed by atoms with Gasteiger partial charge in [-0.05, 0) is 6.07 Å². The number of nitrogens with zero attached hydrogens (tertiary/aromatic N) is 3. The van der Waals surface area contributed by atoms with Crippen LogP contribution in [0.3, 0.4) is 0 Å². The lowest BCUT2D eigenvalue weighted by Gasteiger charge is -2.26. The van der Waals surface area contributed by atoms with Crippen molar-refractivity contribution in [2.24, 2.45) is 7.05 Å². The third-order valence-electron chi connectivity index (χ3n) is 2.82. The molecule has 0 unspecified atom stereocenters. The minimum atomic E-state index is -4.33. The molecule has 1 N–H and O–H groups in total. The number of alkyl halides is 3. The van der Waals surface area contributed by atoms with Crippen LogP contribution in [0.15, 0.2) is 6.07 Å². The first-order valence-electron chi connectivity index (χ1n) is 5.50. The Labute approximate surface area is 97.4 Å². The summed E-state index contributed by atoms with van der Waals surface area (Å²) in [5.74, 6) is 0. The molecule has 2 rings (SSSR count). The van der Waals surface area contributed by atoms with E-state index >= 15 is 0 Å². The van der Waals surface area contributed by atoms with Gasteiger partial charge < -0.3 is 5.32 Å². The Morgan fingerprint density at radius 3 is 2.53 bits per heavy atom. The molecule has 96 valence electrons. The van der Waals surface area contributed by atoms with Crippen LogP contribution in [0.25, 0.3) is 0 Å². The quantitative estimate of drug-likeness (QED) is 0.842. The Bertz CT molecular complexity index is 379. The van der Waals surface area contributed by atoms with Crippen LogP contribution in [0.1, 0.15) is 11.4 Å². The lowest BCUT2D eigenvalue weighted by molar-refractivity contribution is -0.143. The maximum atomic E-state index is 12.6. The molecular formula is C10H15F3N4. The normalized spacial score (nSPS) is 18.6. The molecule has 0 bridgehead atoms. The largest absolute Gasteiger partial charge is 0.433 e. The fourth-order valence-electron chi connectivity index (χ4n) is 1.97. The van der Waals surface area contributed by atoms with E-state index in [2.05, 4.69) is 15.3 Å². The number of nitrogens with one attached hydrogen (secondary N) is 1. The monoisotopic (exact) mass is 248 g/mol. The van der Waals surface area contributed by atoms with Gasteiger partial charge in [-0.3, -0.25) is 9.58 Å². The second-order valence-electron chi connectivity index (χ2n) is 4.17. The van der Waals surface area contributed by atoms with Gasteiger partial charge in [0.2, 0.25) is 0 Å².